The van der Waals surface area contributed by atoms with E-state index in [-0.39, 0.29) is 11.5 Å². The van der Waals surface area contributed by atoms with E-state index in [0.717, 1.165) is 0 Å². The normalized spacial score (nSPS) is 10.1. The third-order valence-corrected chi connectivity index (χ3v) is 3.75. The predicted octanol–water partition coefficient (Wildman–Crippen LogP) is 3.02. The Morgan fingerprint density at radius 1 is 1.35 bits per heavy atom. The van der Waals surface area contributed by atoms with E-state index in [4.69, 9.17) is 9.84 Å². The van der Waals surface area contributed by atoms with Crippen LogP contribution in [0.5, 0.6) is 5.75 Å². The fourth-order valence-electron chi connectivity index (χ4n) is 1.73. The zero-order valence-corrected chi connectivity index (χ0v) is 11.8. The minimum absolute atomic E-state index is 0.173. The summed E-state index contributed by atoms with van der Waals surface area (Å²) in [6.07, 6.45) is 0. The second kappa shape index (κ2) is 5.75. The second-order valence-electron chi connectivity index (χ2n) is 4.09. The molecule has 20 heavy (non-hydrogen) atoms. The van der Waals surface area contributed by atoms with Crippen LogP contribution < -0.4 is 10.1 Å². The SMILES string of the molecule is COc1csc(C(=O)Nc2cccc(C(=O)O)c2C)c1. The predicted molar refractivity (Wildman–Crippen MR) is 77.0 cm³/mol. The molecule has 0 aliphatic rings. The number of carbonyl (C=O) groups excluding carboxylic acids is 1. The highest BCUT2D eigenvalue weighted by Crippen LogP contribution is 2.24. The van der Waals surface area contributed by atoms with Crippen molar-refractivity contribution in [3.05, 3.63) is 45.6 Å². The van der Waals surface area contributed by atoms with E-state index in [1.807, 2.05) is 0 Å². The Bertz CT molecular complexity index is 663. The highest BCUT2D eigenvalue weighted by molar-refractivity contribution is 7.12. The molecule has 1 heterocycles. The molecule has 0 aliphatic heterocycles. The van der Waals surface area contributed by atoms with E-state index in [1.54, 1.807) is 30.5 Å². The zero-order chi connectivity index (χ0) is 14.7. The molecule has 0 atom stereocenters. The summed E-state index contributed by atoms with van der Waals surface area (Å²) in [6, 6.07) is 6.41. The van der Waals surface area contributed by atoms with Crippen molar-refractivity contribution in [2.75, 3.05) is 12.4 Å². The highest BCUT2D eigenvalue weighted by atomic mass is 32.1. The van der Waals surface area contributed by atoms with Gasteiger partial charge in [-0.2, -0.15) is 0 Å². The fraction of sp³-hybridized carbons (Fsp3) is 0.143. The molecular weight excluding hydrogens is 278 g/mol. The quantitative estimate of drug-likeness (QED) is 0.908. The summed E-state index contributed by atoms with van der Waals surface area (Å²) in [7, 11) is 1.53. The summed E-state index contributed by atoms with van der Waals surface area (Å²) >= 11 is 1.26. The fourth-order valence-corrected chi connectivity index (χ4v) is 2.48. The van der Waals surface area contributed by atoms with E-state index in [9.17, 15) is 9.59 Å². The number of thiophene rings is 1. The summed E-state index contributed by atoms with van der Waals surface area (Å²) < 4.78 is 5.02. The third kappa shape index (κ3) is 2.80. The van der Waals surface area contributed by atoms with Crippen molar-refractivity contribution < 1.29 is 19.4 Å². The molecule has 1 amide bonds. The maximum atomic E-state index is 12.1. The topological polar surface area (TPSA) is 75.6 Å². The molecule has 0 fully saturated rings. The van der Waals surface area contributed by atoms with Gasteiger partial charge in [-0.25, -0.2) is 4.79 Å². The maximum absolute atomic E-state index is 12.1. The Morgan fingerprint density at radius 2 is 2.10 bits per heavy atom. The van der Waals surface area contributed by atoms with Gasteiger partial charge in [-0.1, -0.05) is 6.07 Å². The number of hydrogen-bond donors (Lipinski definition) is 2. The van der Waals surface area contributed by atoms with Crippen LogP contribution in [0.3, 0.4) is 0 Å². The second-order valence-corrected chi connectivity index (χ2v) is 5.00. The van der Waals surface area contributed by atoms with Crippen LogP contribution in [0.1, 0.15) is 25.6 Å². The summed E-state index contributed by atoms with van der Waals surface area (Å²) in [4.78, 5) is 23.6. The van der Waals surface area contributed by atoms with Crippen molar-refractivity contribution in [1.82, 2.24) is 0 Å². The monoisotopic (exact) mass is 291 g/mol. The first kappa shape index (κ1) is 14.1. The van der Waals surface area contributed by atoms with Gasteiger partial charge >= 0.3 is 5.97 Å². The number of anilines is 1. The van der Waals surface area contributed by atoms with E-state index >= 15 is 0 Å². The van der Waals surface area contributed by atoms with Crippen LogP contribution in [0, 0.1) is 6.92 Å². The largest absolute Gasteiger partial charge is 0.496 e. The Labute approximate surface area is 119 Å². The van der Waals surface area contributed by atoms with Gasteiger partial charge in [0.25, 0.3) is 5.91 Å². The molecule has 5 nitrogen and oxygen atoms in total. The summed E-state index contributed by atoms with van der Waals surface area (Å²) in [5, 5.41) is 13.5. The van der Waals surface area contributed by atoms with Gasteiger partial charge in [0, 0.05) is 17.1 Å². The van der Waals surface area contributed by atoms with Gasteiger partial charge in [0.05, 0.1) is 17.6 Å². The molecule has 6 heteroatoms. The molecule has 2 rings (SSSR count). The van der Waals surface area contributed by atoms with Gasteiger partial charge in [0.1, 0.15) is 5.75 Å². The Kier molecular flexibility index (Phi) is 4.05. The molecule has 1 aromatic heterocycles. The Balaban J connectivity index is 2.24. The molecule has 0 spiro atoms. The number of methoxy groups -OCH3 is 1. The van der Waals surface area contributed by atoms with E-state index in [1.165, 1.54) is 24.5 Å². The lowest BCUT2D eigenvalue weighted by molar-refractivity contribution is 0.0695. The number of hydrogen-bond acceptors (Lipinski definition) is 4. The summed E-state index contributed by atoms with van der Waals surface area (Å²) in [6.45, 7) is 1.66. The number of amides is 1. The number of rotatable bonds is 4. The average Bonchev–Trinajstić information content (AvgIpc) is 2.89. The van der Waals surface area contributed by atoms with Gasteiger partial charge in [-0.3, -0.25) is 4.79 Å². The minimum Gasteiger partial charge on any atom is -0.496 e. The van der Waals surface area contributed by atoms with E-state index < -0.39 is 5.97 Å². The maximum Gasteiger partial charge on any atom is 0.336 e. The molecule has 2 N–H and O–H groups in total. The van der Waals surface area contributed by atoms with Crippen molar-refractivity contribution >= 4 is 28.9 Å². The Hall–Kier alpha value is -2.34. The molecule has 0 radical (unpaired) electrons. The molecule has 0 aliphatic carbocycles. The van der Waals surface area contributed by atoms with Crippen molar-refractivity contribution in [3.63, 3.8) is 0 Å². The first-order chi connectivity index (χ1) is 9.52. The lowest BCUT2D eigenvalue weighted by Crippen LogP contribution is -2.12. The molecule has 2 aromatic rings. The zero-order valence-electron chi connectivity index (χ0n) is 11.0. The highest BCUT2D eigenvalue weighted by Gasteiger charge is 2.14. The molecule has 0 unspecified atom stereocenters. The van der Waals surface area contributed by atoms with Crippen LogP contribution >= 0.6 is 11.3 Å². The van der Waals surface area contributed by atoms with Crippen molar-refractivity contribution in [2.24, 2.45) is 0 Å². The lowest BCUT2D eigenvalue weighted by Gasteiger charge is -2.09. The lowest BCUT2D eigenvalue weighted by atomic mass is 10.1. The van der Waals surface area contributed by atoms with Gasteiger partial charge in [-0.15, -0.1) is 11.3 Å². The van der Waals surface area contributed by atoms with Gasteiger partial charge in [-0.05, 0) is 24.6 Å². The van der Waals surface area contributed by atoms with Gasteiger partial charge in [0.15, 0.2) is 0 Å². The standard InChI is InChI=1S/C14H13NO4S/c1-8-10(14(17)18)4-3-5-11(8)15-13(16)12-6-9(19-2)7-20-12/h3-7H,1-2H3,(H,15,16)(H,17,18). The van der Waals surface area contributed by atoms with E-state index in [2.05, 4.69) is 5.32 Å². The molecule has 1 aromatic carbocycles. The first-order valence-electron chi connectivity index (χ1n) is 5.79. The van der Waals surface area contributed by atoms with Crippen molar-refractivity contribution in [1.29, 1.82) is 0 Å². The first-order valence-corrected chi connectivity index (χ1v) is 6.67. The number of benzene rings is 1. The third-order valence-electron chi connectivity index (χ3n) is 2.85. The van der Waals surface area contributed by atoms with E-state index in [0.29, 0.717) is 21.9 Å². The van der Waals surface area contributed by atoms with Crippen LogP contribution in [-0.2, 0) is 0 Å². The minimum atomic E-state index is -1.02. The number of ether oxygens (including phenoxy) is 1. The number of aromatic carboxylic acids is 1. The summed E-state index contributed by atoms with van der Waals surface area (Å²) in [5.41, 5.74) is 1.19. The molecule has 0 saturated heterocycles. The molecule has 0 saturated carbocycles. The van der Waals surface area contributed by atoms with Gasteiger partial charge < -0.3 is 15.2 Å². The molecule has 104 valence electrons. The average molecular weight is 291 g/mol. The molecule has 0 bridgehead atoms. The Morgan fingerprint density at radius 3 is 2.70 bits per heavy atom. The smallest absolute Gasteiger partial charge is 0.336 e. The van der Waals surface area contributed by atoms with Crippen molar-refractivity contribution in [3.8, 4) is 5.75 Å². The summed E-state index contributed by atoms with van der Waals surface area (Å²) in [5.74, 6) is -0.684. The number of carboxylic acid groups (broad SMARTS) is 1. The van der Waals surface area contributed by atoms with Crippen LogP contribution in [-0.4, -0.2) is 24.1 Å². The van der Waals surface area contributed by atoms with Crippen LogP contribution in [0.25, 0.3) is 0 Å². The molecular formula is C14H13NO4S. The van der Waals surface area contributed by atoms with Crippen LogP contribution in [0.15, 0.2) is 29.6 Å². The van der Waals surface area contributed by atoms with Crippen LogP contribution in [0.4, 0.5) is 5.69 Å². The van der Waals surface area contributed by atoms with Crippen LogP contribution in [0.2, 0.25) is 0 Å². The van der Waals surface area contributed by atoms with Gasteiger partial charge in [0.2, 0.25) is 0 Å². The number of nitrogens with one attached hydrogen (secondary N) is 1. The number of carboxylic acids is 1. The number of carbonyl (C=O) groups is 2. The van der Waals surface area contributed by atoms with Crippen molar-refractivity contribution in [2.45, 2.75) is 6.92 Å².